The van der Waals surface area contributed by atoms with Crippen molar-refractivity contribution in [1.29, 1.82) is 0 Å². The molecular formula is C8H16O6S. The minimum atomic E-state index is -3.55. The molecule has 1 rings (SSSR count). The molecule has 0 radical (unpaired) electrons. The molecule has 0 aromatic rings. The fourth-order valence-corrected chi connectivity index (χ4v) is 1.15. The lowest BCUT2D eigenvalue weighted by Crippen LogP contribution is -1.94. The minimum absolute atomic E-state index is 0. The highest BCUT2D eigenvalue weighted by atomic mass is 32.3. The molecule has 0 aromatic carbocycles. The van der Waals surface area contributed by atoms with Gasteiger partial charge in [0.1, 0.15) is 0 Å². The van der Waals surface area contributed by atoms with Gasteiger partial charge >= 0.3 is 10.4 Å². The van der Waals surface area contributed by atoms with Crippen molar-refractivity contribution in [1.82, 2.24) is 0 Å². The van der Waals surface area contributed by atoms with Gasteiger partial charge in [0, 0.05) is 0 Å². The predicted octanol–water partition coefficient (Wildman–Crippen LogP) is -0.172. The van der Waals surface area contributed by atoms with Crippen LogP contribution in [0.3, 0.4) is 0 Å². The van der Waals surface area contributed by atoms with Crippen molar-refractivity contribution < 1.29 is 27.0 Å². The topological polar surface area (TPSA) is 93.3 Å². The van der Waals surface area contributed by atoms with Crippen LogP contribution in [0.25, 0.3) is 0 Å². The van der Waals surface area contributed by atoms with Gasteiger partial charge in [-0.1, -0.05) is 12.2 Å². The van der Waals surface area contributed by atoms with E-state index < -0.39 is 10.4 Å². The zero-order valence-electron chi connectivity index (χ0n) is 8.35. The number of hydrogen-bond acceptors (Lipinski definition) is 5. The standard InChI is InChI=1S/C6H10O.C2H4O4S.H2O/c1-3-5-7-6-4-2;3-7(4)5-1-2-6-7;/h3-4H,1-2,5-6H2;1-2H2;1H2. The molecule has 1 aliphatic heterocycles. The van der Waals surface area contributed by atoms with Crippen LogP contribution in [0.15, 0.2) is 25.3 Å². The summed E-state index contributed by atoms with van der Waals surface area (Å²) in [4.78, 5) is 0. The SMILES string of the molecule is C=CCOCC=C.O.O=S1(=O)OCCO1. The Balaban J connectivity index is 0. The first-order valence-electron chi connectivity index (χ1n) is 3.95. The molecule has 1 fully saturated rings. The van der Waals surface area contributed by atoms with Crippen molar-refractivity contribution in [2.75, 3.05) is 26.4 Å². The van der Waals surface area contributed by atoms with E-state index in [-0.39, 0.29) is 18.7 Å². The molecule has 2 N–H and O–H groups in total. The summed E-state index contributed by atoms with van der Waals surface area (Å²) in [6.07, 6.45) is 3.42. The van der Waals surface area contributed by atoms with Crippen molar-refractivity contribution >= 4 is 10.4 Å². The van der Waals surface area contributed by atoms with E-state index in [1.165, 1.54) is 0 Å². The van der Waals surface area contributed by atoms with Gasteiger partial charge in [0.05, 0.1) is 26.4 Å². The second-order valence-electron chi connectivity index (χ2n) is 2.17. The lowest BCUT2D eigenvalue weighted by atomic mass is 10.6. The van der Waals surface area contributed by atoms with Gasteiger partial charge in [-0.25, -0.2) is 8.37 Å². The van der Waals surface area contributed by atoms with Gasteiger partial charge < -0.3 is 10.2 Å². The summed E-state index contributed by atoms with van der Waals surface area (Å²) < 4.78 is 33.0. The fraction of sp³-hybridized carbons (Fsp3) is 0.500. The Morgan fingerprint density at radius 3 is 1.73 bits per heavy atom. The minimum Gasteiger partial charge on any atom is -0.412 e. The van der Waals surface area contributed by atoms with Crippen LogP contribution in [0, 0.1) is 0 Å². The Labute approximate surface area is 89.8 Å². The van der Waals surface area contributed by atoms with E-state index in [1.807, 2.05) is 0 Å². The molecule has 6 nitrogen and oxygen atoms in total. The molecule has 1 saturated heterocycles. The summed E-state index contributed by atoms with van der Waals surface area (Å²) in [5, 5.41) is 0. The molecule has 15 heavy (non-hydrogen) atoms. The second-order valence-corrected chi connectivity index (χ2v) is 3.45. The van der Waals surface area contributed by atoms with E-state index in [9.17, 15) is 8.42 Å². The van der Waals surface area contributed by atoms with E-state index in [1.54, 1.807) is 12.2 Å². The van der Waals surface area contributed by atoms with Crippen LogP contribution in [-0.2, 0) is 23.5 Å². The molecule has 1 heterocycles. The highest BCUT2D eigenvalue weighted by Gasteiger charge is 2.17. The Hall–Kier alpha value is -0.730. The van der Waals surface area contributed by atoms with Crippen LogP contribution in [-0.4, -0.2) is 40.3 Å². The van der Waals surface area contributed by atoms with E-state index >= 15 is 0 Å². The average molecular weight is 240 g/mol. The molecule has 7 heteroatoms. The highest BCUT2D eigenvalue weighted by molar-refractivity contribution is 7.82. The van der Waals surface area contributed by atoms with Crippen LogP contribution in [0.2, 0.25) is 0 Å². The molecule has 90 valence electrons. The molecule has 0 bridgehead atoms. The third-order valence-electron chi connectivity index (χ3n) is 1.01. The molecule has 1 aliphatic rings. The first kappa shape index (κ1) is 16.7. The van der Waals surface area contributed by atoms with Gasteiger partial charge in [-0.05, 0) is 0 Å². The summed E-state index contributed by atoms with van der Waals surface area (Å²) in [6.45, 7) is 8.49. The summed E-state index contributed by atoms with van der Waals surface area (Å²) in [6, 6.07) is 0. The van der Waals surface area contributed by atoms with E-state index in [2.05, 4.69) is 21.5 Å². The molecule has 0 spiro atoms. The molecule has 0 aromatic heterocycles. The monoisotopic (exact) mass is 240 g/mol. The summed E-state index contributed by atoms with van der Waals surface area (Å²) >= 11 is 0. The smallest absolute Gasteiger partial charge is 0.400 e. The van der Waals surface area contributed by atoms with Gasteiger partial charge in [0.2, 0.25) is 0 Å². The third kappa shape index (κ3) is 11.2. The van der Waals surface area contributed by atoms with Gasteiger partial charge in [0.25, 0.3) is 0 Å². The van der Waals surface area contributed by atoms with E-state index in [4.69, 9.17) is 4.74 Å². The highest BCUT2D eigenvalue weighted by Crippen LogP contribution is 2.02. The normalized spacial score (nSPS) is 16.8. The van der Waals surface area contributed by atoms with Gasteiger partial charge in [-0.15, -0.1) is 13.2 Å². The van der Waals surface area contributed by atoms with Crippen LogP contribution in [0.4, 0.5) is 0 Å². The molecule has 0 saturated carbocycles. The average Bonchev–Trinajstić information content (AvgIpc) is 2.52. The first-order chi connectivity index (χ1) is 6.62. The van der Waals surface area contributed by atoms with Gasteiger partial charge in [-0.2, -0.15) is 8.42 Å². The van der Waals surface area contributed by atoms with E-state index in [0.29, 0.717) is 13.2 Å². The van der Waals surface area contributed by atoms with Gasteiger partial charge in [-0.3, -0.25) is 0 Å². The maximum atomic E-state index is 9.99. The predicted molar refractivity (Wildman–Crippen MR) is 55.7 cm³/mol. The van der Waals surface area contributed by atoms with Crippen LogP contribution in [0.5, 0.6) is 0 Å². The Bertz CT molecular complexity index is 238. The Kier molecular flexibility index (Phi) is 10.9. The van der Waals surface area contributed by atoms with Crippen molar-refractivity contribution in [2.45, 2.75) is 0 Å². The molecule has 0 atom stereocenters. The number of ether oxygens (including phenoxy) is 1. The van der Waals surface area contributed by atoms with Gasteiger partial charge in [0.15, 0.2) is 0 Å². The van der Waals surface area contributed by atoms with E-state index in [0.717, 1.165) is 0 Å². The fourth-order valence-electron chi connectivity index (χ4n) is 0.541. The van der Waals surface area contributed by atoms with Crippen LogP contribution < -0.4 is 0 Å². The van der Waals surface area contributed by atoms with Crippen LogP contribution >= 0.6 is 0 Å². The van der Waals surface area contributed by atoms with Crippen LogP contribution in [0.1, 0.15) is 0 Å². The second kappa shape index (κ2) is 9.81. The Morgan fingerprint density at radius 1 is 1.13 bits per heavy atom. The Morgan fingerprint density at radius 2 is 1.53 bits per heavy atom. The zero-order valence-corrected chi connectivity index (χ0v) is 9.16. The number of hydrogen-bond donors (Lipinski definition) is 0. The lowest BCUT2D eigenvalue weighted by molar-refractivity contribution is 0.194. The quantitative estimate of drug-likeness (QED) is 0.502. The summed E-state index contributed by atoms with van der Waals surface area (Å²) in [5.41, 5.74) is 0. The molecule has 0 unspecified atom stereocenters. The largest absolute Gasteiger partial charge is 0.412 e. The van der Waals surface area contributed by atoms with Crippen molar-refractivity contribution in [3.05, 3.63) is 25.3 Å². The maximum absolute atomic E-state index is 9.99. The molecule has 0 amide bonds. The van der Waals surface area contributed by atoms with Crippen molar-refractivity contribution in [2.24, 2.45) is 0 Å². The van der Waals surface area contributed by atoms with Crippen molar-refractivity contribution in [3.63, 3.8) is 0 Å². The lowest BCUT2D eigenvalue weighted by Gasteiger charge is -1.89. The van der Waals surface area contributed by atoms with Crippen molar-refractivity contribution in [3.8, 4) is 0 Å². The molecule has 0 aliphatic carbocycles. The maximum Gasteiger partial charge on any atom is 0.400 e. The first-order valence-corrected chi connectivity index (χ1v) is 5.29. The third-order valence-corrected chi connectivity index (χ3v) is 1.92. The summed E-state index contributed by atoms with van der Waals surface area (Å²) in [5.74, 6) is 0. The molecular weight excluding hydrogens is 224 g/mol. The zero-order chi connectivity index (χ0) is 10.9. The number of rotatable bonds is 4. The summed E-state index contributed by atoms with van der Waals surface area (Å²) in [7, 11) is -3.55.